The monoisotopic (exact) mass is 450 g/mol. The summed E-state index contributed by atoms with van der Waals surface area (Å²) in [4.78, 5) is 30.2. The summed E-state index contributed by atoms with van der Waals surface area (Å²) in [6.45, 7) is 9.53. The van der Waals surface area contributed by atoms with E-state index in [1.807, 2.05) is 23.1 Å². The summed E-state index contributed by atoms with van der Waals surface area (Å²) in [6.07, 6.45) is 0.882. The van der Waals surface area contributed by atoms with Crippen molar-refractivity contribution in [1.82, 2.24) is 0 Å². The van der Waals surface area contributed by atoms with Gasteiger partial charge in [0.1, 0.15) is 13.2 Å². The minimum absolute atomic E-state index is 0.0259. The first-order valence-corrected chi connectivity index (χ1v) is 12.1. The molecule has 32 heavy (non-hydrogen) atoms. The van der Waals surface area contributed by atoms with Crippen LogP contribution in [-0.4, -0.2) is 36.3 Å². The van der Waals surface area contributed by atoms with Gasteiger partial charge in [-0.3, -0.25) is 14.5 Å². The van der Waals surface area contributed by atoms with Crippen LogP contribution in [0, 0.1) is 6.92 Å². The maximum absolute atomic E-state index is 14.3. The molecular weight excluding hydrogens is 424 g/mol. The van der Waals surface area contributed by atoms with Crippen LogP contribution in [0.2, 0.25) is 0 Å². The Hall–Kier alpha value is -2.67. The second-order valence-corrected chi connectivity index (χ2v) is 11.0. The van der Waals surface area contributed by atoms with Crippen LogP contribution in [0.25, 0.3) is 0 Å². The van der Waals surface area contributed by atoms with Crippen LogP contribution in [0.5, 0.6) is 11.5 Å². The number of hydrogen-bond acceptors (Lipinski definition) is 5. The van der Waals surface area contributed by atoms with Crippen LogP contribution in [0.1, 0.15) is 49.8 Å². The first kappa shape index (κ1) is 20.0. The molecule has 2 unspecified atom stereocenters. The van der Waals surface area contributed by atoms with Gasteiger partial charge in [0.05, 0.1) is 11.4 Å². The lowest BCUT2D eigenvalue weighted by atomic mass is 9.80. The molecule has 6 rings (SSSR count). The van der Waals surface area contributed by atoms with Gasteiger partial charge in [-0.1, -0.05) is 24.6 Å². The van der Waals surface area contributed by atoms with Crippen molar-refractivity contribution in [2.24, 2.45) is 0 Å². The van der Waals surface area contributed by atoms with Crippen molar-refractivity contribution in [3.63, 3.8) is 0 Å². The van der Waals surface area contributed by atoms with E-state index in [0.717, 1.165) is 23.2 Å². The smallest absolute Gasteiger partial charge is 0.269 e. The Labute approximate surface area is 191 Å². The van der Waals surface area contributed by atoms with Gasteiger partial charge in [0.2, 0.25) is 10.8 Å². The van der Waals surface area contributed by atoms with Crippen molar-refractivity contribution in [2.75, 3.05) is 28.8 Å². The molecule has 0 aromatic heterocycles. The maximum Gasteiger partial charge on any atom is 0.269 e. The standard InChI is InChI=1S/C25H26N2O4S/c1-14-9-17-15(2)12-24(3,4)27-22(17)18(10-14)25(23(27)29)26(21(28)13-32-25)16-5-6-19-20(11-16)31-8-7-30-19/h5-6,9-11,15H,7-8,12-13H2,1-4H3. The summed E-state index contributed by atoms with van der Waals surface area (Å²) in [5, 5.41) is 0. The molecule has 2 aromatic carbocycles. The molecule has 0 saturated carbocycles. The topological polar surface area (TPSA) is 59.1 Å². The van der Waals surface area contributed by atoms with Crippen LogP contribution in [0.3, 0.4) is 0 Å². The minimum atomic E-state index is -1.10. The maximum atomic E-state index is 14.3. The molecule has 4 aliphatic heterocycles. The van der Waals surface area contributed by atoms with Gasteiger partial charge in [-0.2, -0.15) is 0 Å². The van der Waals surface area contributed by atoms with Crippen LogP contribution in [0.15, 0.2) is 30.3 Å². The number of thioether (sulfide) groups is 1. The Morgan fingerprint density at radius 2 is 1.78 bits per heavy atom. The zero-order valence-corrected chi connectivity index (χ0v) is 19.5. The fourth-order valence-electron chi connectivity index (χ4n) is 5.91. The Morgan fingerprint density at radius 1 is 1.03 bits per heavy atom. The number of anilines is 2. The predicted octanol–water partition coefficient (Wildman–Crippen LogP) is 4.33. The van der Waals surface area contributed by atoms with E-state index < -0.39 is 4.87 Å². The molecule has 1 saturated heterocycles. The second kappa shape index (κ2) is 6.44. The predicted molar refractivity (Wildman–Crippen MR) is 125 cm³/mol. The lowest BCUT2D eigenvalue weighted by Gasteiger charge is -2.44. The van der Waals surface area contributed by atoms with Crippen molar-refractivity contribution < 1.29 is 19.1 Å². The minimum Gasteiger partial charge on any atom is -0.486 e. The highest BCUT2D eigenvalue weighted by atomic mass is 32.2. The largest absolute Gasteiger partial charge is 0.486 e. The first-order valence-electron chi connectivity index (χ1n) is 11.1. The van der Waals surface area contributed by atoms with Crippen LogP contribution < -0.4 is 19.3 Å². The number of rotatable bonds is 1. The van der Waals surface area contributed by atoms with Crippen molar-refractivity contribution in [3.05, 3.63) is 47.0 Å². The molecule has 0 aliphatic carbocycles. The van der Waals surface area contributed by atoms with Crippen LogP contribution in [0.4, 0.5) is 11.4 Å². The van der Waals surface area contributed by atoms with E-state index >= 15 is 0 Å². The van der Waals surface area contributed by atoms with E-state index in [4.69, 9.17) is 9.47 Å². The van der Waals surface area contributed by atoms with E-state index in [9.17, 15) is 9.59 Å². The van der Waals surface area contributed by atoms with E-state index in [1.54, 1.807) is 4.90 Å². The third-order valence-electron chi connectivity index (χ3n) is 7.06. The van der Waals surface area contributed by atoms with Crippen LogP contribution in [-0.2, 0) is 14.5 Å². The van der Waals surface area contributed by atoms with Crippen molar-refractivity contribution in [3.8, 4) is 11.5 Å². The molecule has 1 fully saturated rings. The summed E-state index contributed by atoms with van der Waals surface area (Å²) in [6, 6.07) is 9.82. The fraction of sp³-hybridized carbons (Fsp3) is 0.440. The van der Waals surface area contributed by atoms with Gasteiger partial charge in [0, 0.05) is 22.9 Å². The quantitative estimate of drug-likeness (QED) is 0.647. The number of ether oxygens (including phenoxy) is 2. The number of aryl methyl sites for hydroxylation is 1. The van der Waals surface area contributed by atoms with Crippen molar-refractivity contribution in [1.29, 1.82) is 0 Å². The number of amides is 2. The molecule has 0 radical (unpaired) electrons. The molecule has 2 aromatic rings. The van der Waals surface area contributed by atoms with E-state index in [0.29, 0.717) is 36.3 Å². The Balaban J connectivity index is 1.59. The molecular formula is C25H26N2O4S. The molecule has 1 spiro atoms. The number of benzene rings is 2. The van der Waals surface area contributed by atoms with Gasteiger partial charge in [0.15, 0.2) is 11.5 Å². The van der Waals surface area contributed by atoms with Crippen LogP contribution >= 0.6 is 11.8 Å². The van der Waals surface area contributed by atoms with Gasteiger partial charge in [-0.25, -0.2) is 0 Å². The highest BCUT2D eigenvalue weighted by Gasteiger charge is 2.64. The summed E-state index contributed by atoms with van der Waals surface area (Å²) in [7, 11) is 0. The summed E-state index contributed by atoms with van der Waals surface area (Å²) >= 11 is 1.43. The molecule has 166 valence electrons. The normalized spacial score (nSPS) is 27.3. The van der Waals surface area contributed by atoms with Crippen molar-refractivity contribution in [2.45, 2.75) is 50.4 Å². The van der Waals surface area contributed by atoms with E-state index in [-0.39, 0.29) is 23.1 Å². The second-order valence-electron chi connectivity index (χ2n) is 9.80. The lowest BCUT2D eigenvalue weighted by Crippen LogP contribution is -2.56. The summed E-state index contributed by atoms with van der Waals surface area (Å²) in [5.74, 6) is 1.77. The highest BCUT2D eigenvalue weighted by molar-refractivity contribution is 8.02. The van der Waals surface area contributed by atoms with Crippen molar-refractivity contribution >= 4 is 35.0 Å². The van der Waals surface area contributed by atoms with Gasteiger partial charge in [-0.15, -0.1) is 11.8 Å². The molecule has 4 heterocycles. The zero-order chi connectivity index (χ0) is 22.4. The first-order chi connectivity index (χ1) is 15.2. The zero-order valence-electron chi connectivity index (χ0n) is 18.7. The number of carbonyl (C=O) groups is 2. The van der Waals surface area contributed by atoms with Gasteiger partial charge in [0.25, 0.3) is 5.91 Å². The highest BCUT2D eigenvalue weighted by Crippen LogP contribution is 2.61. The number of hydrogen-bond donors (Lipinski definition) is 0. The third kappa shape index (κ3) is 2.43. The molecule has 0 N–H and O–H groups in total. The number of fused-ring (bicyclic) bond motifs is 2. The summed E-state index contributed by atoms with van der Waals surface area (Å²) < 4.78 is 11.4. The van der Waals surface area contributed by atoms with Gasteiger partial charge < -0.3 is 14.4 Å². The number of carbonyl (C=O) groups excluding carboxylic acids is 2. The lowest BCUT2D eigenvalue weighted by molar-refractivity contribution is -0.124. The fourth-order valence-corrected chi connectivity index (χ4v) is 7.23. The SMILES string of the molecule is Cc1cc2c3c(c1)C1(SCC(=O)N1c1ccc4c(c1)OCCO4)C(=O)N3C(C)(C)CC2C. The van der Waals surface area contributed by atoms with E-state index in [2.05, 4.69) is 39.8 Å². The van der Waals surface area contributed by atoms with Gasteiger partial charge >= 0.3 is 0 Å². The molecule has 0 bridgehead atoms. The Morgan fingerprint density at radius 3 is 2.56 bits per heavy atom. The Bertz CT molecular complexity index is 1190. The molecule has 6 nitrogen and oxygen atoms in total. The molecule has 2 atom stereocenters. The third-order valence-corrected chi connectivity index (χ3v) is 8.45. The number of nitrogens with zero attached hydrogens (tertiary/aromatic N) is 2. The molecule has 2 amide bonds. The molecule has 7 heteroatoms. The van der Waals surface area contributed by atoms with E-state index in [1.165, 1.54) is 17.3 Å². The molecule has 4 aliphatic rings. The average Bonchev–Trinajstić information content (AvgIpc) is 3.22. The Kier molecular flexibility index (Phi) is 4.02. The average molecular weight is 451 g/mol. The van der Waals surface area contributed by atoms with Gasteiger partial charge in [-0.05, 0) is 50.8 Å². The summed E-state index contributed by atoms with van der Waals surface area (Å²) in [5.41, 5.74) is 4.57.